The third-order valence-corrected chi connectivity index (χ3v) is 6.56. The summed E-state index contributed by atoms with van der Waals surface area (Å²) < 4.78 is 5.26. The number of rotatable bonds is 5. The molecule has 1 aromatic carbocycles. The van der Waals surface area contributed by atoms with Gasteiger partial charge in [0, 0.05) is 11.6 Å². The number of aryl methyl sites for hydroxylation is 1. The van der Waals surface area contributed by atoms with Gasteiger partial charge in [-0.2, -0.15) is 0 Å². The maximum Gasteiger partial charge on any atom is 0.206 e. The van der Waals surface area contributed by atoms with Crippen LogP contribution in [0.15, 0.2) is 18.2 Å². The Balaban J connectivity index is 1.53. The first-order chi connectivity index (χ1) is 12.0. The molecule has 2 aliphatic carbocycles. The van der Waals surface area contributed by atoms with E-state index >= 15 is 0 Å². The Morgan fingerprint density at radius 1 is 1.36 bits per heavy atom. The van der Waals surface area contributed by atoms with Crippen LogP contribution in [0.2, 0.25) is 0 Å². The summed E-state index contributed by atoms with van der Waals surface area (Å²) in [5.41, 5.74) is 7.58. The molecule has 5 nitrogen and oxygen atoms in total. The molecule has 25 heavy (non-hydrogen) atoms. The zero-order valence-corrected chi connectivity index (χ0v) is 15.4. The van der Waals surface area contributed by atoms with E-state index in [9.17, 15) is 4.79 Å². The van der Waals surface area contributed by atoms with Gasteiger partial charge < -0.3 is 15.8 Å². The van der Waals surface area contributed by atoms with Crippen molar-refractivity contribution in [3.8, 4) is 5.75 Å². The van der Waals surface area contributed by atoms with Crippen LogP contribution in [0.4, 0.5) is 10.9 Å². The Kier molecular flexibility index (Phi) is 4.15. The Hall–Kier alpha value is -2.08. The molecule has 132 valence electrons. The van der Waals surface area contributed by atoms with Gasteiger partial charge in [-0.15, -0.1) is 0 Å². The number of anilines is 2. The van der Waals surface area contributed by atoms with Crippen molar-refractivity contribution in [3.63, 3.8) is 0 Å². The van der Waals surface area contributed by atoms with Crippen molar-refractivity contribution in [1.82, 2.24) is 4.98 Å². The predicted octanol–water partition coefficient (Wildman–Crippen LogP) is 3.87. The monoisotopic (exact) mass is 357 g/mol. The summed E-state index contributed by atoms with van der Waals surface area (Å²) in [5, 5.41) is 4.29. The highest BCUT2D eigenvalue weighted by molar-refractivity contribution is 7.18. The van der Waals surface area contributed by atoms with Gasteiger partial charge in [0.1, 0.15) is 16.4 Å². The summed E-state index contributed by atoms with van der Waals surface area (Å²) >= 11 is 1.36. The summed E-state index contributed by atoms with van der Waals surface area (Å²) in [4.78, 5) is 17.7. The normalized spacial score (nSPS) is 24.5. The quantitative estimate of drug-likeness (QED) is 0.794. The molecule has 3 atom stereocenters. The Bertz CT molecular complexity index is 817. The van der Waals surface area contributed by atoms with Crippen molar-refractivity contribution in [2.45, 2.75) is 38.6 Å². The maximum absolute atomic E-state index is 12.8. The van der Waals surface area contributed by atoms with Crippen LogP contribution in [0.25, 0.3) is 0 Å². The molecule has 2 unspecified atom stereocenters. The third kappa shape index (κ3) is 2.99. The van der Waals surface area contributed by atoms with Gasteiger partial charge >= 0.3 is 0 Å². The minimum Gasteiger partial charge on any atom is -0.496 e. The first-order valence-electron chi connectivity index (χ1n) is 8.77. The molecule has 4 rings (SSSR count). The minimum atomic E-state index is -0.0817. The molecule has 2 saturated carbocycles. The molecule has 0 amide bonds. The molecule has 2 aromatic rings. The zero-order chi connectivity index (χ0) is 17.6. The van der Waals surface area contributed by atoms with Crippen molar-refractivity contribution in [3.05, 3.63) is 34.2 Å². The van der Waals surface area contributed by atoms with E-state index in [4.69, 9.17) is 10.5 Å². The van der Waals surface area contributed by atoms with Crippen LogP contribution in [0.1, 0.15) is 46.5 Å². The molecule has 6 heteroatoms. The molecule has 1 heterocycles. The number of nitrogen functional groups attached to an aromatic ring is 1. The predicted molar refractivity (Wildman–Crippen MR) is 101 cm³/mol. The molecule has 1 aromatic heterocycles. The topological polar surface area (TPSA) is 77.2 Å². The third-order valence-electron chi connectivity index (χ3n) is 5.56. The van der Waals surface area contributed by atoms with Gasteiger partial charge in [0.05, 0.1) is 7.11 Å². The Morgan fingerprint density at radius 3 is 2.84 bits per heavy atom. The highest BCUT2D eigenvalue weighted by Crippen LogP contribution is 2.46. The molecule has 2 fully saturated rings. The second kappa shape index (κ2) is 6.33. The fraction of sp³-hybridized carbons (Fsp3) is 0.474. The van der Waals surface area contributed by atoms with E-state index in [0.29, 0.717) is 22.3 Å². The van der Waals surface area contributed by atoms with Crippen LogP contribution in [0.3, 0.4) is 0 Å². The van der Waals surface area contributed by atoms with Gasteiger partial charge in [0.15, 0.2) is 5.13 Å². The summed E-state index contributed by atoms with van der Waals surface area (Å²) in [6.07, 6.45) is 5.21. The highest BCUT2D eigenvalue weighted by atomic mass is 32.1. The first-order valence-corrected chi connectivity index (χ1v) is 9.59. The molecule has 0 aliphatic heterocycles. The van der Waals surface area contributed by atoms with E-state index < -0.39 is 0 Å². The van der Waals surface area contributed by atoms with Crippen molar-refractivity contribution in [2.75, 3.05) is 18.2 Å². The number of benzene rings is 1. The summed E-state index contributed by atoms with van der Waals surface area (Å²) in [7, 11) is 1.62. The summed E-state index contributed by atoms with van der Waals surface area (Å²) in [6.45, 7) is 1.92. The Labute approximate surface area is 151 Å². The largest absolute Gasteiger partial charge is 0.496 e. The number of carbonyl (C=O) groups excluding carboxylic acids is 1. The van der Waals surface area contributed by atoms with Gasteiger partial charge in [0.2, 0.25) is 5.78 Å². The number of carbonyl (C=O) groups is 1. The van der Waals surface area contributed by atoms with Crippen molar-refractivity contribution < 1.29 is 9.53 Å². The van der Waals surface area contributed by atoms with Crippen molar-refractivity contribution >= 4 is 28.1 Å². The number of nitrogens with zero attached hydrogens (tertiary/aromatic N) is 1. The van der Waals surface area contributed by atoms with Gasteiger partial charge in [-0.25, -0.2) is 4.98 Å². The maximum atomic E-state index is 12.8. The average Bonchev–Trinajstić information content (AvgIpc) is 3.30. The average molecular weight is 357 g/mol. The second-order valence-electron chi connectivity index (χ2n) is 7.17. The van der Waals surface area contributed by atoms with Gasteiger partial charge in [-0.05, 0) is 61.8 Å². The molecule has 2 aliphatic rings. The molecular formula is C19H23N3O2S. The summed E-state index contributed by atoms with van der Waals surface area (Å²) in [6, 6.07) is 5.91. The SMILES string of the molecule is COc1ccc(C(=O)c2sc(N[C@H]3CC4CCC3C4)nc2N)cc1C. The number of aromatic nitrogens is 1. The Morgan fingerprint density at radius 2 is 2.20 bits per heavy atom. The number of thiazole rings is 1. The lowest BCUT2D eigenvalue weighted by molar-refractivity contribution is 0.104. The second-order valence-corrected chi connectivity index (χ2v) is 8.17. The number of fused-ring (bicyclic) bond motifs is 2. The number of ether oxygens (including phenoxy) is 1. The molecule has 0 radical (unpaired) electrons. The smallest absolute Gasteiger partial charge is 0.206 e. The lowest BCUT2D eigenvalue weighted by Gasteiger charge is -2.22. The van der Waals surface area contributed by atoms with Crippen LogP contribution in [0.5, 0.6) is 5.75 Å². The zero-order valence-electron chi connectivity index (χ0n) is 14.5. The van der Waals surface area contributed by atoms with E-state index in [2.05, 4.69) is 10.3 Å². The van der Waals surface area contributed by atoms with E-state index in [1.165, 1.54) is 37.0 Å². The van der Waals surface area contributed by atoms with Crippen LogP contribution in [-0.2, 0) is 0 Å². The molecule has 3 N–H and O–H groups in total. The van der Waals surface area contributed by atoms with Crippen molar-refractivity contribution in [2.24, 2.45) is 11.8 Å². The first kappa shape index (κ1) is 16.4. The molecule has 0 saturated heterocycles. The van der Waals surface area contributed by atoms with E-state index in [0.717, 1.165) is 28.3 Å². The van der Waals surface area contributed by atoms with Crippen LogP contribution in [0, 0.1) is 18.8 Å². The lowest BCUT2D eigenvalue weighted by Crippen LogP contribution is -2.25. The lowest BCUT2D eigenvalue weighted by atomic mass is 9.96. The number of methoxy groups -OCH3 is 1. The highest BCUT2D eigenvalue weighted by Gasteiger charge is 2.39. The molecular weight excluding hydrogens is 334 g/mol. The van der Waals surface area contributed by atoms with Gasteiger partial charge in [-0.1, -0.05) is 17.8 Å². The minimum absolute atomic E-state index is 0.0817. The summed E-state index contributed by atoms with van der Waals surface area (Å²) in [5.74, 6) is 2.62. The molecule has 0 spiro atoms. The van der Waals surface area contributed by atoms with Crippen molar-refractivity contribution in [1.29, 1.82) is 0 Å². The fourth-order valence-electron chi connectivity index (χ4n) is 4.29. The van der Waals surface area contributed by atoms with Crippen LogP contribution < -0.4 is 15.8 Å². The van der Waals surface area contributed by atoms with E-state index in [1.54, 1.807) is 13.2 Å². The van der Waals surface area contributed by atoms with Gasteiger partial charge in [-0.3, -0.25) is 4.79 Å². The van der Waals surface area contributed by atoms with E-state index in [-0.39, 0.29) is 5.78 Å². The number of hydrogen-bond donors (Lipinski definition) is 2. The molecule has 2 bridgehead atoms. The number of ketones is 1. The fourth-order valence-corrected chi connectivity index (χ4v) is 5.20. The number of nitrogens with two attached hydrogens (primary N) is 1. The number of nitrogens with one attached hydrogen (secondary N) is 1. The number of hydrogen-bond acceptors (Lipinski definition) is 6. The van der Waals surface area contributed by atoms with Crippen LogP contribution >= 0.6 is 11.3 Å². The van der Waals surface area contributed by atoms with Gasteiger partial charge in [0.25, 0.3) is 0 Å². The van der Waals surface area contributed by atoms with Crippen LogP contribution in [-0.4, -0.2) is 23.9 Å². The van der Waals surface area contributed by atoms with E-state index in [1.807, 2.05) is 19.1 Å². The standard InChI is InChI=1S/C19H23N3O2S/c1-10-7-13(5-6-15(10)24-2)16(23)17-18(20)22-19(25-17)21-14-9-11-3-4-12(14)8-11/h5-7,11-12,14H,3-4,8-9,20H2,1-2H3,(H,21,22)/t11?,12?,14-/m0/s1.